The number of nitrogens with zero attached hydrogens (tertiary/aromatic N) is 3. The molecule has 150 valence electrons. The molecule has 3 heterocycles. The van der Waals surface area contributed by atoms with E-state index in [9.17, 15) is 4.79 Å². The third-order valence-corrected chi connectivity index (χ3v) is 7.17. The highest BCUT2D eigenvalue weighted by molar-refractivity contribution is 7.18. The van der Waals surface area contributed by atoms with Crippen molar-refractivity contribution in [2.75, 3.05) is 19.6 Å². The van der Waals surface area contributed by atoms with Gasteiger partial charge in [0, 0.05) is 17.5 Å². The number of hydrogen-bond acceptors (Lipinski definition) is 5. The SMILES string of the molecule is O=c1oc2ccccc2n1CCCN1CCC(c2nc3cc(Cl)ccc3s2)CC1. The lowest BCUT2D eigenvalue weighted by molar-refractivity contribution is 0.207. The van der Waals surface area contributed by atoms with Crippen LogP contribution in [0.3, 0.4) is 0 Å². The molecule has 5 nitrogen and oxygen atoms in total. The van der Waals surface area contributed by atoms with E-state index in [1.807, 2.05) is 36.4 Å². The first kappa shape index (κ1) is 18.9. The van der Waals surface area contributed by atoms with E-state index in [0.29, 0.717) is 18.0 Å². The van der Waals surface area contributed by atoms with Gasteiger partial charge >= 0.3 is 5.76 Å². The average molecular weight is 428 g/mol. The van der Waals surface area contributed by atoms with Crippen molar-refractivity contribution in [2.24, 2.45) is 0 Å². The van der Waals surface area contributed by atoms with Gasteiger partial charge in [0.1, 0.15) is 0 Å². The van der Waals surface area contributed by atoms with E-state index < -0.39 is 0 Å². The van der Waals surface area contributed by atoms with Crippen LogP contribution in [0.25, 0.3) is 21.3 Å². The molecular formula is C22H22ClN3O2S. The fourth-order valence-electron chi connectivity index (χ4n) is 4.17. The van der Waals surface area contributed by atoms with Crippen molar-refractivity contribution in [2.45, 2.75) is 31.7 Å². The molecule has 0 atom stereocenters. The lowest BCUT2D eigenvalue weighted by Gasteiger charge is -2.31. The molecule has 1 saturated heterocycles. The van der Waals surface area contributed by atoms with Gasteiger partial charge in [-0.2, -0.15) is 0 Å². The van der Waals surface area contributed by atoms with Crippen molar-refractivity contribution in [3.05, 3.63) is 63.0 Å². The number of aromatic nitrogens is 2. The largest absolute Gasteiger partial charge is 0.419 e. The molecule has 0 N–H and O–H groups in total. The summed E-state index contributed by atoms with van der Waals surface area (Å²) in [6.07, 6.45) is 3.19. The van der Waals surface area contributed by atoms with E-state index in [0.717, 1.165) is 55.0 Å². The zero-order chi connectivity index (χ0) is 19.8. The molecule has 1 fully saturated rings. The quantitative estimate of drug-likeness (QED) is 0.443. The molecule has 0 spiro atoms. The molecule has 0 bridgehead atoms. The Labute approximate surface area is 177 Å². The van der Waals surface area contributed by atoms with E-state index >= 15 is 0 Å². The molecule has 0 aliphatic carbocycles. The van der Waals surface area contributed by atoms with Gasteiger partial charge in [-0.3, -0.25) is 4.57 Å². The maximum atomic E-state index is 12.1. The summed E-state index contributed by atoms with van der Waals surface area (Å²) < 4.78 is 8.27. The van der Waals surface area contributed by atoms with Gasteiger partial charge in [0.05, 0.1) is 20.7 Å². The van der Waals surface area contributed by atoms with Gasteiger partial charge in [0.2, 0.25) is 0 Å². The highest BCUT2D eigenvalue weighted by atomic mass is 35.5. The van der Waals surface area contributed by atoms with Crippen molar-refractivity contribution in [1.29, 1.82) is 0 Å². The van der Waals surface area contributed by atoms with E-state index in [2.05, 4.69) is 11.0 Å². The maximum absolute atomic E-state index is 12.1. The second-order valence-electron chi connectivity index (χ2n) is 7.62. The van der Waals surface area contributed by atoms with Crippen molar-refractivity contribution in [3.8, 4) is 0 Å². The number of hydrogen-bond donors (Lipinski definition) is 0. The minimum atomic E-state index is -0.263. The summed E-state index contributed by atoms with van der Waals surface area (Å²) in [7, 11) is 0. The van der Waals surface area contributed by atoms with Crippen LogP contribution in [0.5, 0.6) is 0 Å². The number of thiazole rings is 1. The predicted octanol–water partition coefficient (Wildman–Crippen LogP) is 5.13. The summed E-state index contributed by atoms with van der Waals surface area (Å²) in [4.78, 5) is 19.4. The Balaban J connectivity index is 1.17. The van der Waals surface area contributed by atoms with Gasteiger partial charge in [-0.1, -0.05) is 23.7 Å². The van der Waals surface area contributed by atoms with Crippen LogP contribution in [-0.2, 0) is 6.54 Å². The van der Waals surface area contributed by atoms with Gasteiger partial charge in [-0.05, 0) is 69.2 Å². The lowest BCUT2D eigenvalue weighted by Crippen LogP contribution is -2.34. The van der Waals surface area contributed by atoms with Crippen LogP contribution in [0.4, 0.5) is 0 Å². The Bertz CT molecular complexity index is 1200. The third kappa shape index (κ3) is 3.84. The molecule has 0 radical (unpaired) electrons. The highest BCUT2D eigenvalue weighted by Gasteiger charge is 2.23. The molecule has 0 unspecified atom stereocenters. The van der Waals surface area contributed by atoms with Crippen molar-refractivity contribution < 1.29 is 4.42 Å². The van der Waals surface area contributed by atoms with E-state index in [-0.39, 0.29) is 5.76 Å². The molecule has 2 aromatic carbocycles. The standard InChI is InChI=1S/C22H22ClN3O2S/c23-16-6-7-20-17(14-16)24-21(29-20)15-8-12-25(13-9-15)10-3-11-26-18-4-1-2-5-19(18)28-22(26)27/h1-2,4-7,14-15H,3,8-13H2. The monoisotopic (exact) mass is 427 g/mol. The summed E-state index contributed by atoms with van der Waals surface area (Å²) in [6.45, 7) is 3.83. The molecule has 1 aliphatic heterocycles. The number of aryl methyl sites for hydroxylation is 1. The Morgan fingerprint density at radius 3 is 2.83 bits per heavy atom. The number of likely N-dealkylation sites (tertiary alicyclic amines) is 1. The minimum absolute atomic E-state index is 0.263. The number of fused-ring (bicyclic) bond motifs is 2. The Kier molecular flexibility index (Phi) is 5.16. The van der Waals surface area contributed by atoms with Gasteiger partial charge in [-0.25, -0.2) is 9.78 Å². The van der Waals surface area contributed by atoms with E-state index in [4.69, 9.17) is 21.0 Å². The second kappa shape index (κ2) is 7.94. The molecule has 29 heavy (non-hydrogen) atoms. The third-order valence-electron chi connectivity index (χ3n) is 5.73. The number of para-hydroxylation sites is 2. The van der Waals surface area contributed by atoms with Crippen LogP contribution in [-0.4, -0.2) is 34.1 Å². The van der Waals surface area contributed by atoms with Crippen LogP contribution in [0.2, 0.25) is 5.02 Å². The highest BCUT2D eigenvalue weighted by Crippen LogP contribution is 2.34. The second-order valence-corrected chi connectivity index (χ2v) is 9.12. The van der Waals surface area contributed by atoms with Crippen molar-refractivity contribution >= 4 is 44.3 Å². The molecule has 7 heteroatoms. The average Bonchev–Trinajstić information content (AvgIpc) is 3.29. The minimum Gasteiger partial charge on any atom is -0.408 e. The molecular weight excluding hydrogens is 406 g/mol. The Morgan fingerprint density at radius 2 is 1.97 bits per heavy atom. The number of piperidine rings is 1. The number of oxazole rings is 1. The summed E-state index contributed by atoms with van der Waals surface area (Å²) >= 11 is 7.89. The first-order chi connectivity index (χ1) is 14.2. The molecule has 2 aromatic heterocycles. The smallest absolute Gasteiger partial charge is 0.408 e. The fraction of sp³-hybridized carbons (Fsp3) is 0.364. The summed E-state index contributed by atoms with van der Waals surface area (Å²) in [5.74, 6) is 0.267. The fourth-order valence-corrected chi connectivity index (χ4v) is 5.46. The van der Waals surface area contributed by atoms with Gasteiger partial charge in [-0.15, -0.1) is 11.3 Å². The van der Waals surface area contributed by atoms with Crippen molar-refractivity contribution in [1.82, 2.24) is 14.5 Å². The van der Waals surface area contributed by atoms with Crippen LogP contribution < -0.4 is 5.76 Å². The molecule has 0 saturated carbocycles. The number of halogens is 1. The van der Waals surface area contributed by atoms with Gasteiger partial charge in [0.25, 0.3) is 0 Å². The molecule has 4 aromatic rings. The van der Waals surface area contributed by atoms with Crippen LogP contribution in [0.1, 0.15) is 30.2 Å². The lowest BCUT2D eigenvalue weighted by atomic mass is 9.97. The van der Waals surface area contributed by atoms with Gasteiger partial charge in [0.15, 0.2) is 5.58 Å². The summed E-state index contributed by atoms with van der Waals surface area (Å²) in [6, 6.07) is 13.6. The topological polar surface area (TPSA) is 51.3 Å². The zero-order valence-corrected chi connectivity index (χ0v) is 17.6. The maximum Gasteiger partial charge on any atom is 0.419 e. The summed E-state index contributed by atoms with van der Waals surface area (Å²) in [5, 5.41) is 1.98. The predicted molar refractivity (Wildman–Crippen MR) is 118 cm³/mol. The molecule has 0 amide bonds. The molecule has 1 aliphatic rings. The van der Waals surface area contributed by atoms with Gasteiger partial charge < -0.3 is 9.32 Å². The Hall–Kier alpha value is -2.15. The van der Waals surface area contributed by atoms with Crippen LogP contribution in [0, 0.1) is 0 Å². The van der Waals surface area contributed by atoms with Crippen LogP contribution in [0.15, 0.2) is 51.7 Å². The number of rotatable bonds is 5. The zero-order valence-electron chi connectivity index (χ0n) is 16.0. The van der Waals surface area contributed by atoms with E-state index in [1.165, 1.54) is 9.71 Å². The molecule has 5 rings (SSSR count). The van der Waals surface area contributed by atoms with Crippen LogP contribution >= 0.6 is 22.9 Å². The van der Waals surface area contributed by atoms with E-state index in [1.54, 1.807) is 15.9 Å². The first-order valence-corrected chi connectivity index (χ1v) is 11.2. The first-order valence-electron chi connectivity index (χ1n) is 10.0. The van der Waals surface area contributed by atoms with Crippen molar-refractivity contribution in [3.63, 3.8) is 0 Å². The number of benzene rings is 2. The normalized spacial score (nSPS) is 16.2. The summed E-state index contributed by atoms with van der Waals surface area (Å²) in [5.41, 5.74) is 2.56. The Morgan fingerprint density at radius 1 is 1.14 bits per heavy atom.